The highest BCUT2D eigenvalue weighted by molar-refractivity contribution is 5.71. The van der Waals surface area contributed by atoms with Crippen LogP contribution < -0.4 is 0 Å². The molecule has 0 aliphatic heterocycles. The second kappa shape index (κ2) is 55.9. The van der Waals surface area contributed by atoms with Crippen molar-refractivity contribution in [2.45, 2.75) is 219 Å². The molecule has 0 heterocycles. The van der Waals surface area contributed by atoms with Gasteiger partial charge in [-0.1, -0.05) is 250 Å². The summed E-state index contributed by atoms with van der Waals surface area (Å²) in [7, 11) is 0. The molecule has 0 bridgehead atoms. The zero-order valence-corrected chi connectivity index (χ0v) is 44.0. The van der Waals surface area contributed by atoms with Gasteiger partial charge < -0.3 is 14.2 Å². The molecule has 69 heavy (non-hydrogen) atoms. The molecule has 0 saturated heterocycles. The van der Waals surface area contributed by atoms with Gasteiger partial charge in [0, 0.05) is 19.3 Å². The van der Waals surface area contributed by atoms with E-state index in [0.717, 1.165) is 103 Å². The molecule has 0 aliphatic rings. The van der Waals surface area contributed by atoms with Crippen molar-refractivity contribution in [1.29, 1.82) is 0 Å². The van der Waals surface area contributed by atoms with Gasteiger partial charge in [0.05, 0.1) is 0 Å². The van der Waals surface area contributed by atoms with E-state index in [1.165, 1.54) is 64.2 Å². The molecular weight excluding hydrogens is 853 g/mol. The van der Waals surface area contributed by atoms with E-state index in [1.807, 2.05) is 72.9 Å². The third-order valence-corrected chi connectivity index (χ3v) is 11.1. The molecule has 0 N–H and O–H groups in total. The molecule has 0 aromatic carbocycles. The van der Waals surface area contributed by atoms with E-state index in [0.29, 0.717) is 19.3 Å². The van der Waals surface area contributed by atoms with Crippen molar-refractivity contribution in [1.82, 2.24) is 0 Å². The van der Waals surface area contributed by atoms with E-state index in [4.69, 9.17) is 14.2 Å². The lowest BCUT2D eigenvalue weighted by atomic mass is 10.1. The maximum Gasteiger partial charge on any atom is 0.306 e. The average Bonchev–Trinajstić information content (AvgIpc) is 3.35. The van der Waals surface area contributed by atoms with Crippen molar-refractivity contribution < 1.29 is 28.6 Å². The molecule has 0 aromatic heterocycles. The Labute approximate surface area is 423 Å². The second-order valence-corrected chi connectivity index (χ2v) is 17.7. The first-order valence-electron chi connectivity index (χ1n) is 27.5. The number of allylic oxidation sites excluding steroid dienone is 24. The Kier molecular flexibility index (Phi) is 52.1. The number of unbranched alkanes of at least 4 members (excludes halogenated alkanes) is 21. The lowest BCUT2D eigenvalue weighted by Crippen LogP contribution is -2.30. The summed E-state index contributed by atoms with van der Waals surface area (Å²) in [6.45, 7) is 6.36. The minimum atomic E-state index is -0.823. The molecular formula is C63H98O6. The molecule has 6 heteroatoms. The van der Waals surface area contributed by atoms with Gasteiger partial charge in [0.1, 0.15) is 13.2 Å². The molecule has 0 aromatic rings. The highest BCUT2D eigenvalue weighted by Gasteiger charge is 2.19. The van der Waals surface area contributed by atoms with E-state index in [1.54, 1.807) is 0 Å². The fraction of sp³-hybridized carbons (Fsp3) is 0.571. The van der Waals surface area contributed by atoms with Gasteiger partial charge in [0.25, 0.3) is 0 Å². The standard InChI is InChI=1S/C63H98O6/c1-4-7-10-13-16-19-22-25-28-30-32-34-35-38-41-44-47-50-53-56-62(65)68-59-60(58-67-61(64)55-52-49-46-43-40-37-27-24-21-18-15-12-9-6-3)69-63(66)57-54-51-48-45-42-39-36-33-31-29-26-23-20-17-14-11-8-5-2/h7,10,13,16-17,19-20,22-23,25-26,28-38,40-41,60H,4-6,8-9,11-12,14-15,18,21,24,27,39,42-59H2,1-3H3/b10-7-,16-13-,20-17-,22-19-,26-23-,28-25-,31-29-,32-30+,35-34-,36-33-,40-37-,41-38-. The van der Waals surface area contributed by atoms with Crippen LogP contribution >= 0.6 is 0 Å². The summed E-state index contributed by atoms with van der Waals surface area (Å²) >= 11 is 0. The lowest BCUT2D eigenvalue weighted by Gasteiger charge is -2.18. The molecule has 0 spiro atoms. The predicted octanol–water partition coefficient (Wildman–Crippen LogP) is 18.4. The smallest absolute Gasteiger partial charge is 0.306 e. The Morgan fingerprint density at radius 3 is 0.971 bits per heavy atom. The van der Waals surface area contributed by atoms with Gasteiger partial charge in [-0.3, -0.25) is 14.4 Å². The Balaban J connectivity index is 4.60. The van der Waals surface area contributed by atoms with Crippen LogP contribution in [0.15, 0.2) is 146 Å². The van der Waals surface area contributed by atoms with Gasteiger partial charge in [-0.25, -0.2) is 0 Å². The summed E-state index contributed by atoms with van der Waals surface area (Å²) in [5.74, 6) is -1.01. The maximum absolute atomic E-state index is 12.8. The summed E-state index contributed by atoms with van der Waals surface area (Å²) in [5.41, 5.74) is 0. The van der Waals surface area contributed by atoms with Crippen LogP contribution in [0.2, 0.25) is 0 Å². The highest BCUT2D eigenvalue weighted by atomic mass is 16.6. The SMILES string of the molecule is CC\C=C/C=C\C=C/C=C\C=C\C=C/C=C\CCCCCC(=O)OCC(COC(=O)CCCCC/C=C\CCCCCCCCC)OC(=O)CCCCCCC\C=C/C=C\C=C/C=C\CCCCC. The zero-order valence-electron chi connectivity index (χ0n) is 44.0. The summed E-state index contributed by atoms with van der Waals surface area (Å²) in [5, 5.41) is 0. The fourth-order valence-corrected chi connectivity index (χ4v) is 6.96. The Hall–Kier alpha value is -4.71. The van der Waals surface area contributed by atoms with Crippen LogP contribution in [0.4, 0.5) is 0 Å². The molecule has 0 radical (unpaired) electrons. The van der Waals surface area contributed by atoms with Crippen molar-refractivity contribution in [3.05, 3.63) is 146 Å². The van der Waals surface area contributed by atoms with Crippen LogP contribution in [0, 0.1) is 0 Å². The number of esters is 3. The molecule has 6 nitrogen and oxygen atoms in total. The normalized spacial score (nSPS) is 13.3. The van der Waals surface area contributed by atoms with Crippen molar-refractivity contribution in [3.63, 3.8) is 0 Å². The van der Waals surface area contributed by atoms with Crippen LogP contribution in [-0.4, -0.2) is 37.2 Å². The third-order valence-electron chi connectivity index (χ3n) is 11.1. The molecule has 0 fully saturated rings. The maximum atomic E-state index is 12.8. The molecule has 386 valence electrons. The van der Waals surface area contributed by atoms with Gasteiger partial charge in [-0.2, -0.15) is 0 Å². The third kappa shape index (κ3) is 54.1. The lowest BCUT2D eigenvalue weighted by molar-refractivity contribution is -0.167. The molecule has 1 atom stereocenters. The minimum absolute atomic E-state index is 0.117. The largest absolute Gasteiger partial charge is 0.462 e. The number of carbonyl (C=O) groups excluding carboxylic acids is 3. The van der Waals surface area contributed by atoms with Crippen molar-refractivity contribution in [2.75, 3.05) is 13.2 Å². The molecule has 0 aliphatic carbocycles. The molecule has 0 saturated carbocycles. The number of hydrogen-bond acceptors (Lipinski definition) is 6. The number of hydrogen-bond donors (Lipinski definition) is 0. The first-order chi connectivity index (χ1) is 34.0. The second-order valence-electron chi connectivity index (χ2n) is 17.7. The monoisotopic (exact) mass is 951 g/mol. The van der Waals surface area contributed by atoms with Gasteiger partial charge in [-0.05, 0) is 89.9 Å². The van der Waals surface area contributed by atoms with Crippen LogP contribution in [0.5, 0.6) is 0 Å². The van der Waals surface area contributed by atoms with E-state index in [2.05, 4.69) is 93.7 Å². The minimum Gasteiger partial charge on any atom is -0.462 e. The fourth-order valence-electron chi connectivity index (χ4n) is 6.96. The van der Waals surface area contributed by atoms with E-state index < -0.39 is 6.10 Å². The number of carbonyl (C=O) groups is 3. The molecule has 1 unspecified atom stereocenters. The van der Waals surface area contributed by atoms with Crippen LogP contribution in [0.3, 0.4) is 0 Å². The van der Waals surface area contributed by atoms with Crippen LogP contribution in [0.1, 0.15) is 213 Å². The van der Waals surface area contributed by atoms with Gasteiger partial charge >= 0.3 is 17.9 Å². The van der Waals surface area contributed by atoms with E-state index >= 15 is 0 Å². The van der Waals surface area contributed by atoms with Gasteiger partial charge in [-0.15, -0.1) is 0 Å². The quantitative estimate of drug-likeness (QED) is 0.0199. The molecule has 0 amide bonds. The topological polar surface area (TPSA) is 78.9 Å². The Morgan fingerprint density at radius 1 is 0.304 bits per heavy atom. The summed E-state index contributed by atoms with van der Waals surface area (Å²) in [6.07, 6.45) is 79.6. The summed E-state index contributed by atoms with van der Waals surface area (Å²) in [6, 6.07) is 0. The van der Waals surface area contributed by atoms with Crippen molar-refractivity contribution >= 4 is 17.9 Å². The summed E-state index contributed by atoms with van der Waals surface area (Å²) < 4.78 is 16.8. The van der Waals surface area contributed by atoms with Crippen LogP contribution in [0.25, 0.3) is 0 Å². The van der Waals surface area contributed by atoms with E-state index in [-0.39, 0.29) is 37.5 Å². The summed E-state index contributed by atoms with van der Waals surface area (Å²) in [4.78, 5) is 38.1. The first kappa shape index (κ1) is 64.3. The Bertz CT molecular complexity index is 1560. The van der Waals surface area contributed by atoms with Gasteiger partial charge in [0.2, 0.25) is 0 Å². The first-order valence-corrected chi connectivity index (χ1v) is 27.5. The van der Waals surface area contributed by atoms with Gasteiger partial charge in [0.15, 0.2) is 6.10 Å². The highest BCUT2D eigenvalue weighted by Crippen LogP contribution is 2.13. The predicted molar refractivity (Wildman–Crippen MR) is 297 cm³/mol. The van der Waals surface area contributed by atoms with Crippen LogP contribution in [-0.2, 0) is 28.6 Å². The van der Waals surface area contributed by atoms with Crippen molar-refractivity contribution in [3.8, 4) is 0 Å². The van der Waals surface area contributed by atoms with E-state index in [9.17, 15) is 14.4 Å². The number of ether oxygens (including phenoxy) is 3. The van der Waals surface area contributed by atoms with Crippen molar-refractivity contribution in [2.24, 2.45) is 0 Å². The zero-order chi connectivity index (χ0) is 50.0. The molecule has 0 rings (SSSR count). The number of rotatable bonds is 47. The Morgan fingerprint density at radius 2 is 0.580 bits per heavy atom. The average molecular weight is 951 g/mol.